The van der Waals surface area contributed by atoms with E-state index in [1.54, 1.807) is 6.07 Å². The quantitative estimate of drug-likeness (QED) is 0.853. The number of hydrogen-bond acceptors (Lipinski definition) is 3. The summed E-state index contributed by atoms with van der Waals surface area (Å²) in [6.07, 6.45) is -1.35. The summed E-state index contributed by atoms with van der Waals surface area (Å²) in [6, 6.07) is 8.30. The molecule has 126 valence electrons. The lowest BCUT2D eigenvalue weighted by molar-refractivity contribution is -0.152. The summed E-state index contributed by atoms with van der Waals surface area (Å²) < 4.78 is 43.9. The normalized spacial score (nSPS) is 11.7. The van der Waals surface area contributed by atoms with Gasteiger partial charge in [-0.05, 0) is 36.8 Å². The average Bonchev–Trinajstić information content (AvgIpc) is 2.50. The number of anilines is 1. The van der Waals surface area contributed by atoms with E-state index in [0.717, 1.165) is 12.1 Å². The van der Waals surface area contributed by atoms with Gasteiger partial charge in [-0.2, -0.15) is 0 Å². The maximum Gasteiger partial charge on any atom is 0.311 e. The third-order valence-corrected chi connectivity index (χ3v) is 3.10. The van der Waals surface area contributed by atoms with Crippen LogP contribution in [0.4, 0.5) is 18.9 Å². The number of benzene rings is 2. The SMILES string of the molecule is C[C@H](OC(=O)Cc1cccc(F)c1)C(=O)Nc1ccc(F)c(F)c1. The highest BCUT2D eigenvalue weighted by Crippen LogP contribution is 2.14. The van der Waals surface area contributed by atoms with Crippen molar-refractivity contribution in [3.63, 3.8) is 0 Å². The van der Waals surface area contributed by atoms with Crippen molar-refractivity contribution in [1.82, 2.24) is 0 Å². The van der Waals surface area contributed by atoms with Gasteiger partial charge in [-0.3, -0.25) is 9.59 Å². The first kappa shape index (κ1) is 17.5. The average molecular weight is 337 g/mol. The number of carbonyl (C=O) groups is 2. The molecule has 1 N–H and O–H groups in total. The van der Waals surface area contributed by atoms with Crippen molar-refractivity contribution in [2.75, 3.05) is 5.32 Å². The van der Waals surface area contributed by atoms with Crippen LogP contribution in [0.3, 0.4) is 0 Å². The maximum absolute atomic E-state index is 13.1. The molecular weight excluding hydrogens is 323 g/mol. The predicted molar refractivity (Wildman–Crippen MR) is 80.6 cm³/mol. The van der Waals surface area contributed by atoms with Gasteiger partial charge >= 0.3 is 5.97 Å². The Morgan fingerprint density at radius 3 is 2.50 bits per heavy atom. The molecular formula is C17H14F3NO3. The van der Waals surface area contributed by atoms with Gasteiger partial charge in [-0.1, -0.05) is 12.1 Å². The number of amides is 1. The van der Waals surface area contributed by atoms with Crippen LogP contribution in [0.15, 0.2) is 42.5 Å². The molecule has 0 radical (unpaired) electrons. The second-order valence-electron chi connectivity index (χ2n) is 5.06. The van der Waals surface area contributed by atoms with E-state index in [-0.39, 0.29) is 12.1 Å². The lowest BCUT2D eigenvalue weighted by atomic mass is 10.1. The molecule has 0 aliphatic heterocycles. The number of esters is 1. The molecule has 0 unspecified atom stereocenters. The molecule has 0 aliphatic carbocycles. The zero-order valence-electron chi connectivity index (χ0n) is 12.7. The van der Waals surface area contributed by atoms with Crippen LogP contribution in [0.1, 0.15) is 12.5 Å². The zero-order chi connectivity index (χ0) is 17.7. The lowest BCUT2D eigenvalue weighted by Crippen LogP contribution is -2.30. The first-order valence-corrected chi connectivity index (χ1v) is 7.05. The van der Waals surface area contributed by atoms with Crippen molar-refractivity contribution >= 4 is 17.6 Å². The number of halogens is 3. The van der Waals surface area contributed by atoms with Gasteiger partial charge in [0.25, 0.3) is 5.91 Å². The fourth-order valence-electron chi connectivity index (χ4n) is 1.92. The monoisotopic (exact) mass is 337 g/mol. The highest BCUT2D eigenvalue weighted by molar-refractivity contribution is 5.95. The van der Waals surface area contributed by atoms with Crippen LogP contribution in [-0.2, 0) is 20.7 Å². The fourth-order valence-corrected chi connectivity index (χ4v) is 1.92. The van der Waals surface area contributed by atoms with E-state index >= 15 is 0 Å². The lowest BCUT2D eigenvalue weighted by Gasteiger charge is -2.13. The van der Waals surface area contributed by atoms with Crippen LogP contribution in [0, 0.1) is 17.5 Å². The molecule has 1 atom stereocenters. The van der Waals surface area contributed by atoms with Gasteiger partial charge in [-0.25, -0.2) is 13.2 Å². The summed E-state index contributed by atoms with van der Waals surface area (Å²) in [4.78, 5) is 23.6. The van der Waals surface area contributed by atoms with E-state index < -0.39 is 35.4 Å². The van der Waals surface area contributed by atoms with E-state index in [1.165, 1.54) is 31.2 Å². The van der Waals surface area contributed by atoms with Gasteiger partial charge in [0.15, 0.2) is 17.7 Å². The Labute approximate surface area is 136 Å². The first-order chi connectivity index (χ1) is 11.3. The second kappa shape index (κ2) is 7.63. The largest absolute Gasteiger partial charge is 0.452 e. The van der Waals surface area contributed by atoms with Crippen molar-refractivity contribution in [3.05, 3.63) is 65.5 Å². The smallest absolute Gasteiger partial charge is 0.311 e. The predicted octanol–water partition coefficient (Wildman–Crippen LogP) is 3.22. The highest BCUT2D eigenvalue weighted by Gasteiger charge is 2.18. The van der Waals surface area contributed by atoms with Crippen LogP contribution in [0.2, 0.25) is 0 Å². The molecule has 2 aromatic rings. The van der Waals surface area contributed by atoms with E-state index in [0.29, 0.717) is 5.56 Å². The molecule has 4 nitrogen and oxygen atoms in total. The molecule has 0 heterocycles. The number of nitrogens with one attached hydrogen (secondary N) is 1. The molecule has 0 spiro atoms. The third kappa shape index (κ3) is 4.84. The van der Waals surface area contributed by atoms with Crippen LogP contribution in [0.25, 0.3) is 0 Å². The molecule has 0 saturated carbocycles. The molecule has 2 aromatic carbocycles. The number of hydrogen-bond donors (Lipinski definition) is 1. The van der Waals surface area contributed by atoms with Gasteiger partial charge in [0, 0.05) is 11.8 Å². The van der Waals surface area contributed by atoms with Gasteiger partial charge < -0.3 is 10.1 Å². The highest BCUT2D eigenvalue weighted by atomic mass is 19.2. The van der Waals surface area contributed by atoms with Gasteiger partial charge in [0.05, 0.1) is 6.42 Å². The minimum absolute atomic E-state index is 0.0342. The van der Waals surface area contributed by atoms with Crippen LogP contribution in [0.5, 0.6) is 0 Å². The Hall–Kier alpha value is -2.83. The molecule has 2 rings (SSSR count). The van der Waals surface area contributed by atoms with E-state index in [2.05, 4.69) is 5.32 Å². The van der Waals surface area contributed by atoms with Gasteiger partial charge in [0.1, 0.15) is 5.82 Å². The Morgan fingerprint density at radius 1 is 1.08 bits per heavy atom. The van der Waals surface area contributed by atoms with Gasteiger partial charge in [0.2, 0.25) is 0 Å². The van der Waals surface area contributed by atoms with Crippen LogP contribution in [-0.4, -0.2) is 18.0 Å². The van der Waals surface area contributed by atoms with Crippen molar-refractivity contribution in [3.8, 4) is 0 Å². The van der Waals surface area contributed by atoms with Gasteiger partial charge in [-0.15, -0.1) is 0 Å². The molecule has 0 fully saturated rings. The van der Waals surface area contributed by atoms with Crippen molar-refractivity contribution in [2.45, 2.75) is 19.4 Å². The summed E-state index contributed by atoms with van der Waals surface area (Å²) in [5, 5.41) is 2.31. The Kier molecular flexibility index (Phi) is 5.57. The number of rotatable bonds is 5. The standard InChI is InChI=1S/C17H14F3NO3/c1-10(17(23)21-13-5-6-14(19)15(20)9-13)24-16(22)8-11-3-2-4-12(18)7-11/h2-7,9-10H,8H2,1H3,(H,21,23)/t10-/m0/s1. The summed E-state index contributed by atoms with van der Waals surface area (Å²) in [5.74, 6) is -4.04. The number of carbonyl (C=O) groups excluding carboxylic acids is 2. The van der Waals surface area contributed by atoms with Crippen LogP contribution >= 0.6 is 0 Å². The Morgan fingerprint density at radius 2 is 1.83 bits per heavy atom. The topological polar surface area (TPSA) is 55.4 Å². The molecule has 0 aromatic heterocycles. The van der Waals surface area contributed by atoms with E-state index in [1.807, 2.05) is 0 Å². The molecule has 0 aliphatic rings. The van der Waals surface area contributed by atoms with E-state index in [9.17, 15) is 22.8 Å². The minimum Gasteiger partial charge on any atom is -0.452 e. The Bertz CT molecular complexity index is 764. The van der Waals surface area contributed by atoms with Crippen molar-refractivity contribution < 1.29 is 27.5 Å². The molecule has 7 heteroatoms. The number of ether oxygens (including phenoxy) is 1. The van der Waals surface area contributed by atoms with Crippen LogP contribution < -0.4 is 5.32 Å². The summed E-state index contributed by atoms with van der Waals surface area (Å²) in [7, 11) is 0. The van der Waals surface area contributed by atoms with E-state index in [4.69, 9.17) is 4.74 Å². The molecule has 0 bridgehead atoms. The van der Waals surface area contributed by atoms with Crippen molar-refractivity contribution in [2.24, 2.45) is 0 Å². The summed E-state index contributed by atoms with van der Waals surface area (Å²) in [6.45, 7) is 1.33. The summed E-state index contributed by atoms with van der Waals surface area (Å²) >= 11 is 0. The fraction of sp³-hybridized carbons (Fsp3) is 0.176. The first-order valence-electron chi connectivity index (χ1n) is 7.05. The Balaban J connectivity index is 1.90. The summed E-state index contributed by atoms with van der Waals surface area (Å²) in [5.41, 5.74) is 0.445. The zero-order valence-corrected chi connectivity index (χ0v) is 12.7. The molecule has 0 saturated heterocycles. The molecule has 1 amide bonds. The minimum atomic E-state index is -1.15. The second-order valence-corrected chi connectivity index (χ2v) is 5.06. The third-order valence-electron chi connectivity index (χ3n) is 3.10. The molecule has 24 heavy (non-hydrogen) atoms. The maximum atomic E-state index is 13.1. The van der Waals surface area contributed by atoms with Crippen molar-refractivity contribution in [1.29, 1.82) is 0 Å².